The van der Waals surface area contributed by atoms with Gasteiger partial charge in [0.25, 0.3) is 0 Å². The first-order valence-electron chi connectivity index (χ1n) is 5.73. The van der Waals surface area contributed by atoms with Gasteiger partial charge in [-0.05, 0) is 39.0 Å². The van der Waals surface area contributed by atoms with Gasteiger partial charge in [-0.3, -0.25) is 0 Å². The van der Waals surface area contributed by atoms with E-state index in [1.54, 1.807) is 23.3 Å². The topological polar surface area (TPSA) is 12.9 Å². The Morgan fingerprint density at radius 1 is 1.00 bits per heavy atom. The molecule has 1 nitrogen and oxygen atoms in total. The Morgan fingerprint density at radius 2 is 1.89 bits per heavy atom. The van der Waals surface area contributed by atoms with Crippen molar-refractivity contribution in [3.63, 3.8) is 0 Å². The van der Waals surface area contributed by atoms with Gasteiger partial charge in [0.15, 0.2) is 0 Å². The number of benzene rings is 1. The first-order valence-corrected chi connectivity index (χ1v) is 7.39. The number of aromatic nitrogens is 1. The second kappa shape index (κ2) is 3.97. The quantitative estimate of drug-likeness (QED) is 0.727. The third-order valence-corrected chi connectivity index (χ3v) is 4.88. The molecule has 0 fully saturated rings. The smallest absolute Gasteiger partial charge is 0.0562 e. The average molecular weight is 267 g/mol. The van der Waals surface area contributed by atoms with Crippen LogP contribution < -0.4 is 9.75 Å². The summed E-state index contributed by atoms with van der Waals surface area (Å²) >= 11 is 3.36. The maximum atomic E-state index is 4.33. The second-order valence-corrected chi connectivity index (χ2v) is 5.94. The highest BCUT2D eigenvalue weighted by Crippen LogP contribution is 2.31. The van der Waals surface area contributed by atoms with Crippen LogP contribution in [0.1, 0.15) is 0 Å². The molecule has 1 aromatic carbocycles. The molecule has 86 valence electrons. The van der Waals surface area contributed by atoms with Gasteiger partial charge in [-0.2, -0.15) is 4.37 Å². The normalized spacial score (nSPS) is 16.0. The lowest BCUT2D eigenvalue weighted by atomic mass is 10.1. The fourth-order valence-electron chi connectivity index (χ4n) is 2.34. The molecule has 1 aliphatic heterocycles. The van der Waals surface area contributed by atoms with Crippen LogP contribution in [0, 0.1) is 10.4 Å². The van der Waals surface area contributed by atoms with E-state index in [0.717, 1.165) is 0 Å². The van der Waals surface area contributed by atoms with E-state index in [4.69, 9.17) is 0 Å². The molecule has 3 heteroatoms. The molecule has 0 saturated heterocycles. The summed E-state index contributed by atoms with van der Waals surface area (Å²) in [5.74, 6) is 0. The van der Waals surface area contributed by atoms with Gasteiger partial charge in [0, 0.05) is 16.3 Å². The lowest BCUT2D eigenvalue weighted by molar-refractivity contribution is 1.42. The van der Waals surface area contributed by atoms with Gasteiger partial charge in [0.1, 0.15) is 0 Å². The Labute approximate surface area is 112 Å². The van der Waals surface area contributed by atoms with Gasteiger partial charge in [-0.25, -0.2) is 0 Å². The summed E-state index contributed by atoms with van der Waals surface area (Å²) in [4.78, 5) is 1.34. The number of hydrogen-bond donors (Lipinski definition) is 0. The molecule has 0 radical (unpaired) electrons. The van der Waals surface area contributed by atoms with E-state index in [9.17, 15) is 0 Å². The lowest BCUT2D eigenvalue weighted by Gasteiger charge is -2.08. The van der Waals surface area contributed by atoms with Crippen LogP contribution >= 0.6 is 23.3 Å². The highest BCUT2D eigenvalue weighted by atomic mass is 32.2. The number of allylic oxidation sites excluding steroid dienone is 2. The van der Waals surface area contributed by atoms with Crippen LogP contribution in [0.2, 0.25) is 0 Å². The molecule has 0 amide bonds. The molecular weight excluding hydrogens is 258 g/mol. The molecule has 2 aliphatic rings. The highest BCUT2D eigenvalue weighted by molar-refractivity contribution is 8.11. The summed E-state index contributed by atoms with van der Waals surface area (Å²) in [6.07, 6.45) is 8.51. The molecule has 1 aromatic heterocycles. The van der Waals surface area contributed by atoms with E-state index in [-0.39, 0.29) is 0 Å². The molecule has 18 heavy (non-hydrogen) atoms. The van der Waals surface area contributed by atoms with Gasteiger partial charge in [0.05, 0.1) is 4.53 Å². The molecule has 0 unspecified atom stereocenters. The average Bonchev–Trinajstić information content (AvgIpc) is 2.83. The molecule has 2 heterocycles. The van der Waals surface area contributed by atoms with Crippen molar-refractivity contribution in [1.82, 2.24) is 4.37 Å². The predicted octanol–water partition coefficient (Wildman–Crippen LogP) is 2.52. The minimum absolute atomic E-state index is 1.25. The Balaban J connectivity index is 2.40. The first kappa shape index (κ1) is 10.4. The summed E-state index contributed by atoms with van der Waals surface area (Å²) in [6, 6.07) is 8.59. The minimum Gasteiger partial charge on any atom is -0.200 e. The van der Waals surface area contributed by atoms with E-state index in [1.165, 1.54) is 30.7 Å². The number of thioether (sulfide) groups is 1. The Kier molecular flexibility index (Phi) is 2.28. The maximum Gasteiger partial charge on any atom is 0.0562 e. The number of rotatable bonds is 0. The molecule has 0 saturated carbocycles. The van der Waals surface area contributed by atoms with Crippen molar-refractivity contribution in [1.29, 1.82) is 0 Å². The van der Waals surface area contributed by atoms with E-state index in [1.807, 2.05) is 6.20 Å². The third kappa shape index (κ3) is 1.44. The monoisotopic (exact) mass is 267 g/mol. The summed E-state index contributed by atoms with van der Waals surface area (Å²) in [5, 5.41) is 5.99. The van der Waals surface area contributed by atoms with Crippen molar-refractivity contribution in [3.05, 3.63) is 73.8 Å². The van der Waals surface area contributed by atoms with Crippen LogP contribution in [0.15, 0.2) is 53.6 Å². The third-order valence-electron chi connectivity index (χ3n) is 3.15. The van der Waals surface area contributed by atoms with E-state index in [2.05, 4.69) is 52.3 Å². The fraction of sp³-hybridized carbons (Fsp3) is 0. The molecular formula is C15H9NS2. The van der Waals surface area contributed by atoms with Gasteiger partial charge in [-0.15, -0.1) is 0 Å². The van der Waals surface area contributed by atoms with Crippen LogP contribution in [-0.2, 0) is 0 Å². The molecule has 0 spiro atoms. The van der Waals surface area contributed by atoms with E-state index < -0.39 is 0 Å². The van der Waals surface area contributed by atoms with Gasteiger partial charge >= 0.3 is 0 Å². The lowest BCUT2D eigenvalue weighted by Crippen LogP contribution is -2.07. The van der Waals surface area contributed by atoms with Crippen LogP contribution in [-0.4, -0.2) is 4.37 Å². The maximum absolute atomic E-state index is 4.33. The molecule has 0 atom stereocenters. The zero-order valence-electron chi connectivity index (χ0n) is 9.46. The van der Waals surface area contributed by atoms with Crippen LogP contribution in [0.25, 0.3) is 11.0 Å². The van der Waals surface area contributed by atoms with Crippen molar-refractivity contribution < 1.29 is 0 Å². The Hall–Kier alpha value is -1.58. The molecule has 0 bridgehead atoms. The fourth-order valence-corrected chi connectivity index (χ4v) is 3.91. The van der Waals surface area contributed by atoms with Crippen molar-refractivity contribution >= 4 is 34.3 Å². The largest absolute Gasteiger partial charge is 0.200 e. The van der Waals surface area contributed by atoms with E-state index >= 15 is 0 Å². The highest BCUT2D eigenvalue weighted by Gasteiger charge is 2.10. The van der Waals surface area contributed by atoms with E-state index in [0.29, 0.717) is 0 Å². The van der Waals surface area contributed by atoms with Crippen molar-refractivity contribution in [3.8, 4) is 0 Å². The summed E-state index contributed by atoms with van der Waals surface area (Å²) in [5.41, 5.74) is 1.29. The first-order chi connectivity index (χ1) is 8.93. The van der Waals surface area contributed by atoms with Gasteiger partial charge < -0.3 is 0 Å². The van der Waals surface area contributed by atoms with Crippen molar-refractivity contribution in [2.45, 2.75) is 0 Å². The van der Waals surface area contributed by atoms with Crippen LogP contribution in [0.3, 0.4) is 0 Å². The van der Waals surface area contributed by atoms with Gasteiger partial charge in [-0.1, -0.05) is 48.2 Å². The van der Waals surface area contributed by atoms with Crippen molar-refractivity contribution in [2.24, 2.45) is 0 Å². The standard InChI is InChI=1S/C15H9NS2/c1-2-6-12-11(5-1)13-9-16-18-14(13)8-10-4-3-7-17-15(10)12/h1-9H. The number of hydrogen-bond acceptors (Lipinski definition) is 3. The summed E-state index contributed by atoms with van der Waals surface area (Å²) in [7, 11) is 0. The number of fused-ring (bicyclic) bond motifs is 3. The molecule has 4 rings (SSSR count). The van der Waals surface area contributed by atoms with Crippen molar-refractivity contribution in [2.75, 3.05) is 0 Å². The summed E-state index contributed by atoms with van der Waals surface area (Å²) in [6.45, 7) is 0. The van der Waals surface area contributed by atoms with Gasteiger partial charge in [0.2, 0.25) is 0 Å². The van der Waals surface area contributed by atoms with Crippen LogP contribution in [0.5, 0.6) is 0 Å². The Morgan fingerprint density at radius 3 is 2.83 bits per heavy atom. The zero-order chi connectivity index (χ0) is 11.9. The Bertz CT molecular complexity index is 900. The minimum atomic E-state index is 1.25. The zero-order valence-corrected chi connectivity index (χ0v) is 11.1. The SMILES string of the molecule is C1=CSC2=c3ccccc3=c3cnsc3=CC2=C1. The number of nitrogens with zero attached hydrogens (tertiary/aromatic N) is 1. The second-order valence-electron chi connectivity index (χ2n) is 4.19. The molecule has 2 aromatic rings. The molecule has 1 aliphatic carbocycles. The summed E-state index contributed by atoms with van der Waals surface area (Å²) < 4.78 is 5.58. The predicted molar refractivity (Wildman–Crippen MR) is 78.2 cm³/mol. The van der Waals surface area contributed by atoms with Crippen LogP contribution in [0.4, 0.5) is 0 Å². The molecule has 0 N–H and O–H groups in total.